The van der Waals surface area contributed by atoms with Gasteiger partial charge in [0.05, 0.1) is 10.4 Å². The largest absolute Gasteiger partial charge is 0.369 e. The normalized spacial score (nSPS) is 13.8. The van der Waals surface area contributed by atoms with E-state index in [4.69, 9.17) is 11.6 Å². The number of nitrogens with zero attached hydrogens (tertiary/aromatic N) is 2. The first-order valence-electron chi connectivity index (χ1n) is 8.23. The molecule has 0 spiro atoms. The predicted octanol–water partition coefficient (Wildman–Crippen LogP) is 4.09. The monoisotopic (exact) mass is 372 g/mol. The Kier molecular flexibility index (Phi) is 4.55. The summed E-state index contributed by atoms with van der Waals surface area (Å²) in [5, 5.41) is 9.80. The lowest BCUT2D eigenvalue weighted by atomic mass is 10.2. The van der Waals surface area contributed by atoms with Crippen molar-refractivity contribution in [3.05, 3.63) is 40.7 Å². The van der Waals surface area contributed by atoms with Gasteiger partial charge in [0.15, 0.2) is 5.82 Å². The number of hydrogen-bond donors (Lipinski definition) is 2. The van der Waals surface area contributed by atoms with Gasteiger partial charge in [-0.1, -0.05) is 17.7 Å². The minimum absolute atomic E-state index is 0.0786. The van der Waals surface area contributed by atoms with Crippen LogP contribution in [-0.2, 0) is 4.79 Å². The maximum atomic E-state index is 11.8. The number of halogens is 1. The molecule has 1 saturated carbocycles. The summed E-state index contributed by atoms with van der Waals surface area (Å²) in [6, 6.07) is 9.91. The first-order valence-corrected chi connectivity index (χ1v) is 9.49. The lowest BCUT2D eigenvalue weighted by Gasteiger charge is -2.11. The molecule has 7 heteroatoms. The van der Waals surface area contributed by atoms with Crippen molar-refractivity contribution in [1.29, 1.82) is 0 Å². The van der Waals surface area contributed by atoms with E-state index in [0.29, 0.717) is 29.9 Å². The molecule has 1 aromatic carbocycles. The van der Waals surface area contributed by atoms with E-state index >= 15 is 0 Å². The first-order chi connectivity index (χ1) is 12.2. The molecule has 25 heavy (non-hydrogen) atoms. The van der Waals surface area contributed by atoms with E-state index in [0.717, 1.165) is 34.4 Å². The average Bonchev–Trinajstić information content (AvgIpc) is 3.23. The fraction of sp³-hybridized carbons (Fsp3) is 0.278. The molecule has 2 aromatic heterocycles. The number of carbonyl (C=O) groups excluding carboxylic acids is 1. The number of aromatic nitrogens is 2. The fourth-order valence-corrected chi connectivity index (χ4v) is 3.40. The molecule has 2 N–H and O–H groups in total. The van der Waals surface area contributed by atoms with Crippen LogP contribution >= 0.6 is 22.9 Å². The number of anilines is 1. The fourth-order valence-electron chi connectivity index (χ4n) is 2.58. The molecule has 128 valence electrons. The predicted molar refractivity (Wildman–Crippen MR) is 102 cm³/mol. The third kappa shape index (κ3) is 3.91. The van der Waals surface area contributed by atoms with E-state index in [9.17, 15) is 4.79 Å². The Morgan fingerprint density at radius 3 is 2.92 bits per heavy atom. The molecule has 0 aliphatic heterocycles. The van der Waals surface area contributed by atoms with E-state index < -0.39 is 0 Å². The molecule has 0 unspecified atom stereocenters. The van der Waals surface area contributed by atoms with Crippen LogP contribution in [0.5, 0.6) is 0 Å². The molecule has 3 aromatic rings. The Balaban J connectivity index is 1.58. The molecule has 1 aliphatic rings. The number of hydrogen-bond acceptors (Lipinski definition) is 5. The molecule has 0 bridgehead atoms. The van der Waals surface area contributed by atoms with Crippen molar-refractivity contribution in [2.45, 2.75) is 25.3 Å². The standard InChI is InChI=1S/C18H17ClN4OS/c19-11-3-6-13-14(10-11)22-18(15-2-1-9-25-15)23-17(13)20-8-7-16(24)21-12-4-5-12/h1-3,6,9-10,12H,4-5,7-8H2,(H,21,24)(H,20,22,23). The van der Waals surface area contributed by atoms with Crippen molar-refractivity contribution < 1.29 is 4.79 Å². The van der Waals surface area contributed by atoms with Gasteiger partial charge in [-0.2, -0.15) is 0 Å². The highest BCUT2D eigenvalue weighted by Crippen LogP contribution is 2.29. The third-order valence-electron chi connectivity index (χ3n) is 3.99. The maximum absolute atomic E-state index is 11.8. The van der Waals surface area contributed by atoms with Crippen LogP contribution < -0.4 is 10.6 Å². The van der Waals surface area contributed by atoms with Crippen LogP contribution in [0.3, 0.4) is 0 Å². The van der Waals surface area contributed by atoms with Gasteiger partial charge in [-0.05, 0) is 42.5 Å². The second kappa shape index (κ2) is 6.98. The van der Waals surface area contributed by atoms with Crippen molar-refractivity contribution in [2.24, 2.45) is 0 Å². The third-order valence-corrected chi connectivity index (χ3v) is 5.09. The van der Waals surface area contributed by atoms with Crippen LogP contribution in [-0.4, -0.2) is 28.5 Å². The van der Waals surface area contributed by atoms with Crippen molar-refractivity contribution in [2.75, 3.05) is 11.9 Å². The van der Waals surface area contributed by atoms with Crippen molar-refractivity contribution in [3.8, 4) is 10.7 Å². The molecule has 1 amide bonds. The van der Waals surface area contributed by atoms with Crippen LogP contribution in [0.25, 0.3) is 21.6 Å². The minimum Gasteiger partial charge on any atom is -0.369 e. The summed E-state index contributed by atoms with van der Waals surface area (Å²) in [6.45, 7) is 0.525. The first kappa shape index (κ1) is 16.3. The Bertz CT molecular complexity index is 909. The van der Waals surface area contributed by atoms with Crippen LogP contribution in [0.15, 0.2) is 35.7 Å². The Labute approximate surface area is 154 Å². The Morgan fingerprint density at radius 2 is 2.16 bits per heavy atom. The number of fused-ring (bicyclic) bond motifs is 1. The zero-order valence-corrected chi connectivity index (χ0v) is 15.0. The molecular formula is C18H17ClN4OS. The highest BCUT2D eigenvalue weighted by Gasteiger charge is 2.22. The molecule has 5 nitrogen and oxygen atoms in total. The summed E-state index contributed by atoms with van der Waals surface area (Å²) in [7, 11) is 0. The Hall–Kier alpha value is -2.18. The maximum Gasteiger partial charge on any atom is 0.221 e. The lowest BCUT2D eigenvalue weighted by Crippen LogP contribution is -2.27. The summed E-state index contributed by atoms with van der Waals surface area (Å²) in [4.78, 5) is 22.1. The second-order valence-electron chi connectivity index (χ2n) is 6.05. The smallest absolute Gasteiger partial charge is 0.221 e. The summed E-state index contributed by atoms with van der Waals surface area (Å²) < 4.78 is 0. The van der Waals surface area contributed by atoms with Crippen molar-refractivity contribution >= 4 is 45.6 Å². The number of benzene rings is 1. The summed E-state index contributed by atoms with van der Waals surface area (Å²) >= 11 is 7.71. The quantitative estimate of drug-likeness (QED) is 0.683. The number of rotatable bonds is 6. The summed E-state index contributed by atoms with van der Waals surface area (Å²) in [5.74, 6) is 1.47. The molecule has 1 aliphatic carbocycles. The molecule has 0 saturated heterocycles. The van der Waals surface area contributed by atoms with Gasteiger partial charge in [0.25, 0.3) is 0 Å². The van der Waals surface area contributed by atoms with Gasteiger partial charge in [-0.25, -0.2) is 9.97 Å². The zero-order valence-electron chi connectivity index (χ0n) is 13.5. The lowest BCUT2D eigenvalue weighted by molar-refractivity contribution is -0.120. The van der Waals surface area contributed by atoms with Crippen LogP contribution in [0.1, 0.15) is 19.3 Å². The van der Waals surface area contributed by atoms with Crippen molar-refractivity contribution in [3.63, 3.8) is 0 Å². The van der Waals surface area contributed by atoms with Gasteiger partial charge >= 0.3 is 0 Å². The highest BCUT2D eigenvalue weighted by molar-refractivity contribution is 7.13. The van der Waals surface area contributed by atoms with Crippen molar-refractivity contribution in [1.82, 2.24) is 15.3 Å². The van der Waals surface area contributed by atoms with Gasteiger partial charge in [-0.3, -0.25) is 4.79 Å². The second-order valence-corrected chi connectivity index (χ2v) is 7.44. The Morgan fingerprint density at radius 1 is 1.28 bits per heavy atom. The molecule has 0 atom stereocenters. The van der Waals surface area contributed by atoms with E-state index in [1.165, 1.54) is 0 Å². The number of amides is 1. The SMILES string of the molecule is O=C(CCNc1nc(-c2cccs2)nc2cc(Cl)ccc12)NC1CC1. The van der Waals surface area contributed by atoms with Gasteiger partial charge in [0, 0.05) is 29.4 Å². The molecule has 2 heterocycles. The zero-order chi connectivity index (χ0) is 17.2. The number of carbonyl (C=O) groups is 1. The molecule has 1 fully saturated rings. The number of nitrogens with one attached hydrogen (secondary N) is 2. The van der Waals surface area contributed by atoms with Gasteiger partial charge in [-0.15, -0.1) is 11.3 Å². The average molecular weight is 373 g/mol. The van der Waals surface area contributed by atoms with Crippen LogP contribution in [0.4, 0.5) is 5.82 Å². The molecule has 4 rings (SSSR count). The minimum atomic E-state index is 0.0786. The van der Waals surface area contributed by atoms with E-state index in [1.807, 2.05) is 35.7 Å². The van der Waals surface area contributed by atoms with Gasteiger partial charge in [0.2, 0.25) is 5.91 Å². The number of thiophene rings is 1. The topological polar surface area (TPSA) is 66.9 Å². The van der Waals surface area contributed by atoms with E-state index in [-0.39, 0.29) is 5.91 Å². The van der Waals surface area contributed by atoms with E-state index in [2.05, 4.69) is 20.6 Å². The summed E-state index contributed by atoms with van der Waals surface area (Å²) in [6.07, 6.45) is 2.62. The highest BCUT2D eigenvalue weighted by atomic mass is 35.5. The van der Waals surface area contributed by atoms with Crippen LogP contribution in [0, 0.1) is 0 Å². The van der Waals surface area contributed by atoms with Crippen LogP contribution in [0.2, 0.25) is 5.02 Å². The summed E-state index contributed by atoms with van der Waals surface area (Å²) in [5.41, 5.74) is 0.788. The molecular weight excluding hydrogens is 356 g/mol. The van der Waals surface area contributed by atoms with Gasteiger partial charge < -0.3 is 10.6 Å². The molecule has 0 radical (unpaired) electrons. The van der Waals surface area contributed by atoms with E-state index in [1.54, 1.807) is 11.3 Å². The van der Waals surface area contributed by atoms with Gasteiger partial charge in [0.1, 0.15) is 5.82 Å².